The minimum absolute atomic E-state index is 0.326. The molecule has 3 heterocycles. The number of β-lactam (4-membered cyclic amide) rings is 1. The minimum atomic E-state index is -0.836. The molecule has 12 nitrogen and oxygen atoms in total. The highest BCUT2D eigenvalue weighted by molar-refractivity contribution is 8.01. The van der Waals surface area contributed by atoms with Gasteiger partial charge in [-0.1, -0.05) is 114 Å². The Morgan fingerprint density at radius 1 is 0.738 bits per heavy atom. The number of ether oxygens (including phenoxy) is 4. The average Bonchev–Trinajstić information content (AvgIpc) is 3.99. The fourth-order valence-electron chi connectivity index (χ4n) is 9.48. The van der Waals surface area contributed by atoms with E-state index in [0.717, 1.165) is 44.6 Å². The van der Waals surface area contributed by atoms with Gasteiger partial charge in [0.2, 0.25) is 5.91 Å². The second-order valence-electron chi connectivity index (χ2n) is 16.6. The van der Waals surface area contributed by atoms with Gasteiger partial charge in [-0.15, -0.1) is 16.9 Å². The second kappa shape index (κ2) is 16.6. The first-order valence-corrected chi connectivity index (χ1v) is 22.2. The molecule has 2 aliphatic heterocycles. The molecular weight excluding hydrogens is 839 g/mol. The summed E-state index contributed by atoms with van der Waals surface area (Å²) in [5, 5.41) is 12.1. The fraction of sp³-hybridized carbons (Fsp3) is 0.212. The van der Waals surface area contributed by atoms with Crippen LogP contribution in [0.3, 0.4) is 0 Å². The lowest BCUT2D eigenvalue weighted by Crippen LogP contribution is -2.70. The van der Waals surface area contributed by atoms with Gasteiger partial charge in [0.05, 0.1) is 38.6 Å². The van der Waals surface area contributed by atoms with Crippen LogP contribution in [0.2, 0.25) is 0 Å². The first kappa shape index (κ1) is 41.6. The Morgan fingerprint density at radius 2 is 1.32 bits per heavy atom. The Morgan fingerprint density at radius 3 is 1.92 bits per heavy atom. The van der Waals surface area contributed by atoms with E-state index in [-0.39, 0.29) is 5.91 Å². The minimum Gasteiger partial charge on any atom is -0.496 e. The molecule has 1 aliphatic carbocycles. The number of nitrogens with zero attached hydrogens (tertiary/aromatic N) is 4. The van der Waals surface area contributed by atoms with Crippen molar-refractivity contribution in [3.8, 4) is 45.3 Å². The van der Waals surface area contributed by atoms with Crippen LogP contribution in [0, 0.1) is 0 Å². The number of esters is 1. The molecule has 0 spiro atoms. The van der Waals surface area contributed by atoms with Crippen molar-refractivity contribution < 1.29 is 33.3 Å². The number of fused-ring (bicyclic) bond motifs is 4. The van der Waals surface area contributed by atoms with Crippen molar-refractivity contribution in [2.75, 3.05) is 21.3 Å². The summed E-state index contributed by atoms with van der Waals surface area (Å²) in [4.78, 5) is 43.4. The number of carbonyl (C=O) groups excluding carboxylic acids is 3. The summed E-state index contributed by atoms with van der Waals surface area (Å²) >= 11 is 1.49. The van der Waals surface area contributed by atoms with E-state index in [1.165, 1.54) is 11.8 Å². The van der Waals surface area contributed by atoms with E-state index in [9.17, 15) is 14.4 Å². The number of hydrogen-bond acceptors (Lipinski definition) is 10. The summed E-state index contributed by atoms with van der Waals surface area (Å²) in [7, 11) is 4.82. The molecular formula is C52H45N5O7S. The third kappa shape index (κ3) is 7.07. The Bertz CT molecular complexity index is 2890. The van der Waals surface area contributed by atoms with Crippen molar-refractivity contribution in [2.24, 2.45) is 0 Å². The van der Waals surface area contributed by atoms with Crippen LogP contribution in [0.1, 0.15) is 64.2 Å². The highest BCUT2D eigenvalue weighted by Crippen LogP contribution is 2.53. The van der Waals surface area contributed by atoms with Gasteiger partial charge in [0.25, 0.3) is 5.91 Å². The number of amides is 2. The van der Waals surface area contributed by atoms with Crippen LogP contribution >= 0.6 is 11.8 Å². The van der Waals surface area contributed by atoms with Crippen LogP contribution in [0.4, 0.5) is 0 Å². The first-order valence-electron chi connectivity index (χ1n) is 21.3. The van der Waals surface area contributed by atoms with Gasteiger partial charge in [0, 0.05) is 44.7 Å². The zero-order valence-corrected chi connectivity index (χ0v) is 37.1. The summed E-state index contributed by atoms with van der Waals surface area (Å²) in [5.74, 6) is -0.00376. The van der Waals surface area contributed by atoms with E-state index >= 15 is 0 Å². The van der Waals surface area contributed by atoms with Crippen molar-refractivity contribution in [1.29, 1.82) is 0 Å². The lowest BCUT2D eigenvalue weighted by Gasteiger charge is -2.44. The van der Waals surface area contributed by atoms with Gasteiger partial charge in [-0.3, -0.25) is 9.59 Å². The molecule has 2 fully saturated rings. The summed E-state index contributed by atoms with van der Waals surface area (Å²) in [6.45, 7) is 3.88. The van der Waals surface area contributed by atoms with Gasteiger partial charge in [0.15, 0.2) is 6.10 Å². The van der Waals surface area contributed by atoms with E-state index in [1.54, 1.807) is 55.2 Å². The summed E-state index contributed by atoms with van der Waals surface area (Å²) in [6.07, 6.45) is -0.580. The maximum Gasteiger partial charge on any atom is 0.331 e. The molecule has 0 radical (unpaired) electrons. The molecule has 4 atom stereocenters. The molecule has 13 heteroatoms. The zero-order valence-electron chi connectivity index (χ0n) is 36.3. The van der Waals surface area contributed by atoms with E-state index in [1.807, 2.05) is 135 Å². The largest absolute Gasteiger partial charge is 0.496 e. The number of nitrogens with one attached hydrogen (secondary N) is 1. The van der Waals surface area contributed by atoms with Crippen molar-refractivity contribution in [3.63, 3.8) is 0 Å². The van der Waals surface area contributed by atoms with Gasteiger partial charge in [-0.2, -0.15) is 0 Å². The molecule has 0 bridgehead atoms. The lowest BCUT2D eigenvalue weighted by molar-refractivity contribution is -0.165. The average molecular weight is 884 g/mol. The van der Waals surface area contributed by atoms with Crippen LogP contribution in [0.15, 0.2) is 146 Å². The number of aromatic nitrogens is 3. The van der Waals surface area contributed by atoms with Crippen LogP contribution in [-0.2, 0) is 14.3 Å². The van der Waals surface area contributed by atoms with Gasteiger partial charge >= 0.3 is 5.97 Å². The summed E-state index contributed by atoms with van der Waals surface area (Å²) < 4.78 is 24.9. The molecule has 10 rings (SSSR count). The third-order valence-electron chi connectivity index (χ3n) is 12.5. The molecule has 6 aromatic carbocycles. The van der Waals surface area contributed by atoms with Gasteiger partial charge < -0.3 is 29.2 Å². The molecule has 65 heavy (non-hydrogen) atoms. The Balaban J connectivity index is 0.914. The predicted molar refractivity (Wildman–Crippen MR) is 247 cm³/mol. The fourth-order valence-corrected chi connectivity index (χ4v) is 11.1. The lowest BCUT2D eigenvalue weighted by atomic mass is 9.85. The molecule has 1 N–H and O–H groups in total. The third-order valence-corrected chi connectivity index (χ3v) is 14.1. The zero-order chi connectivity index (χ0) is 45.0. The molecule has 3 aliphatic rings. The number of methoxy groups -OCH3 is 3. The van der Waals surface area contributed by atoms with Crippen molar-refractivity contribution in [1.82, 2.24) is 25.2 Å². The molecule has 326 valence electrons. The monoisotopic (exact) mass is 883 g/mol. The van der Waals surface area contributed by atoms with Gasteiger partial charge in [-0.05, 0) is 54.8 Å². The molecule has 4 unspecified atom stereocenters. The Kier molecular flexibility index (Phi) is 10.7. The summed E-state index contributed by atoms with van der Waals surface area (Å²) in [5.41, 5.74) is 8.84. The van der Waals surface area contributed by atoms with Crippen molar-refractivity contribution in [2.45, 2.75) is 48.1 Å². The van der Waals surface area contributed by atoms with Crippen molar-refractivity contribution in [3.05, 3.63) is 179 Å². The van der Waals surface area contributed by atoms with E-state index in [4.69, 9.17) is 29.3 Å². The topological polar surface area (TPSA) is 134 Å². The van der Waals surface area contributed by atoms with Crippen LogP contribution in [0.5, 0.6) is 17.2 Å². The highest BCUT2D eigenvalue weighted by atomic mass is 32.2. The normalized spacial score (nSPS) is 18.4. The number of thioether (sulfide) groups is 1. The van der Waals surface area contributed by atoms with Crippen molar-refractivity contribution >= 4 is 29.5 Å². The Hall–Kier alpha value is -7.38. The maximum atomic E-state index is 14.1. The number of hydrogen-bond donors (Lipinski definition) is 1. The SMILES string of the molecule is COc1cc(OC)c(C(c2ccccc2)c2nnn(-c3ccc(C(=O)NC4C(=O)N5C4SC(C)(C)C5C(=O)OC4c5ccccc5-c5ccccc54)cc3)c2-c2ccccc2)c(OC)c1. The maximum absolute atomic E-state index is 14.1. The van der Waals surface area contributed by atoms with Crippen LogP contribution in [-0.4, -0.2) is 81.2 Å². The highest BCUT2D eigenvalue weighted by Gasteiger charge is 2.64. The molecule has 2 saturated heterocycles. The Labute approximate surface area is 380 Å². The molecule has 1 aromatic heterocycles. The summed E-state index contributed by atoms with van der Waals surface area (Å²) in [6, 6.07) is 44.7. The van der Waals surface area contributed by atoms with E-state index in [0.29, 0.717) is 34.2 Å². The smallest absolute Gasteiger partial charge is 0.331 e. The van der Waals surface area contributed by atoms with Gasteiger partial charge in [-0.25, -0.2) is 9.48 Å². The standard InChI is InChI=1S/C52H45N5O7S/c1-52(2)47(51(60)64-46-37-22-14-12-20-35(37)36-21-13-15-23-38(36)46)56-49(59)44(50(56)65-52)53-48(58)32-24-26-33(27-25-32)57-45(31-18-10-7-11-19-31)43(54-55-57)41(30-16-8-6-9-17-30)42-39(62-4)28-34(61-3)29-40(42)63-5/h6-29,41,44,46-47,50H,1-5H3,(H,53,58). The molecule has 0 saturated carbocycles. The number of benzene rings is 6. The first-order chi connectivity index (χ1) is 31.6. The van der Waals surface area contributed by atoms with Gasteiger partial charge in [0.1, 0.15) is 40.4 Å². The van der Waals surface area contributed by atoms with Crippen LogP contribution in [0.25, 0.3) is 28.1 Å². The predicted octanol–water partition coefficient (Wildman–Crippen LogP) is 8.61. The number of rotatable bonds is 12. The van der Waals surface area contributed by atoms with E-state index < -0.39 is 46.1 Å². The van der Waals surface area contributed by atoms with Crippen LogP contribution < -0.4 is 19.5 Å². The van der Waals surface area contributed by atoms with E-state index in [2.05, 4.69) is 5.32 Å². The second-order valence-corrected chi connectivity index (χ2v) is 18.4. The quantitative estimate of drug-likeness (QED) is 0.0940. The molecule has 7 aromatic rings. The molecule has 2 amide bonds. The number of carbonyl (C=O) groups is 3.